The Labute approximate surface area is 103 Å². The van der Waals surface area contributed by atoms with Crippen molar-refractivity contribution in [2.24, 2.45) is 10.9 Å². The molecule has 0 saturated carbocycles. The third-order valence-corrected chi connectivity index (χ3v) is 2.24. The highest BCUT2D eigenvalue weighted by molar-refractivity contribution is 5.95. The zero-order valence-corrected chi connectivity index (χ0v) is 10.1. The molecule has 0 unspecified atom stereocenters. The first-order valence-electron chi connectivity index (χ1n) is 5.28. The highest BCUT2D eigenvalue weighted by atomic mass is 16.4. The predicted molar refractivity (Wildman–Crippen MR) is 64.4 cm³/mol. The molecule has 1 aromatic rings. The average molecular weight is 253 g/mol. The number of amidine groups is 1. The van der Waals surface area contributed by atoms with Crippen LogP contribution in [0.3, 0.4) is 0 Å². The Hall–Kier alpha value is -2.38. The summed E-state index contributed by atoms with van der Waals surface area (Å²) in [6.45, 7) is 3.55. The van der Waals surface area contributed by atoms with Crippen molar-refractivity contribution in [3.63, 3.8) is 0 Å². The van der Waals surface area contributed by atoms with Gasteiger partial charge in [0, 0.05) is 12.1 Å². The van der Waals surface area contributed by atoms with Gasteiger partial charge < -0.3 is 15.8 Å². The lowest BCUT2D eigenvalue weighted by molar-refractivity contribution is 0.0726. The van der Waals surface area contributed by atoms with E-state index in [0.717, 1.165) is 0 Å². The Bertz CT molecular complexity index is 488. The van der Waals surface area contributed by atoms with Gasteiger partial charge in [-0.15, -0.1) is 0 Å². The van der Waals surface area contributed by atoms with E-state index in [2.05, 4.69) is 15.4 Å². The number of nitrogens with one attached hydrogen (secondary N) is 1. The molecule has 0 aromatic carbocycles. The fraction of sp³-hybridized carbons (Fsp3) is 0.400. The number of nitrogens with zero attached hydrogens (tertiary/aromatic N) is 3. The zero-order chi connectivity index (χ0) is 13.7. The number of hydrogen-bond donors (Lipinski definition) is 3. The quantitative estimate of drug-likeness (QED) is 0.285. The predicted octanol–water partition coefficient (Wildman–Crippen LogP) is -0.633. The van der Waals surface area contributed by atoms with Crippen molar-refractivity contribution in [2.45, 2.75) is 19.9 Å². The summed E-state index contributed by atoms with van der Waals surface area (Å²) in [7, 11) is 0. The van der Waals surface area contributed by atoms with Crippen molar-refractivity contribution in [3.05, 3.63) is 28.2 Å². The summed E-state index contributed by atoms with van der Waals surface area (Å²) in [6, 6.07) is 2.37. The molecule has 0 atom stereocenters. The van der Waals surface area contributed by atoms with Crippen LogP contribution in [0.4, 0.5) is 0 Å². The first kappa shape index (κ1) is 13.7. The molecule has 1 rings (SSSR count). The van der Waals surface area contributed by atoms with Crippen molar-refractivity contribution in [1.29, 1.82) is 0 Å². The van der Waals surface area contributed by atoms with Crippen LogP contribution in [0.2, 0.25) is 0 Å². The van der Waals surface area contributed by atoms with Gasteiger partial charge in [-0.05, 0) is 19.9 Å². The molecular formula is C10H15N5O3. The molecule has 0 bridgehead atoms. The number of hydrogen-bond acceptors (Lipinski definition) is 5. The van der Waals surface area contributed by atoms with Crippen LogP contribution in [0.5, 0.6) is 0 Å². The normalized spacial score (nSPS) is 11.6. The Kier molecular flexibility index (Phi) is 4.41. The average Bonchev–Trinajstić information content (AvgIpc) is 2.35. The van der Waals surface area contributed by atoms with Gasteiger partial charge in [0.2, 0.25) is 0 Å². The number of nitrogens with two attached hydrogens (primary N) is 1. The van der Waals surface area contributed by atoms with Crippen molar-refractivity contribution in [2.75, 3.05) is 6.54 Å². The lowest BCUT2D eigenvalue weighted by atomic mass is 10.2. The van der Waals surface area contributed by atoms with E-state index in [1.54, 1.807) is 13.8 Å². The molecule has 18 heavy (non-hydrogen) atoms. The van der Waals surface area contributed by atoms with E-state index in [4.69, 9.17) is 10.9 Å². The van der Waals surface area contributed by atoms with E-state index in [1.807, 2.05) is 0 Å². The summed E-state index contributed by atoms with van der Waals surface area (Å²) in [5, 5.41) is 17.2. The summed E-state index contributed by atoms with van der Waals surface area (Å²) in [5.41, 5.74) is 5.08. The van der Waals surface area contributed by atoms with Gasteiger partial charge in [-0.2, -0.15) is 5.10 Å². The molecule has 0 aliphatic heterocycles. The molecule has 0 aliphatic carbocycles. The van der Waals surface area contributed by atoms with Gasteiger partial charge in [-0.3, -0.25) is 9.59 Å². The summed E-state index contributed by atoms with van der Waals surface area (Å²) in [4.78, 5) is 24.3. The van der Waals surface area contributed by atoms with Gasteiger partial charge >= 0.3 is 0 Å². The molecule has 0 spiro atoms. The first-order chi connectivity index (χ1) is 8.45. The molecule has 0 aliphatic rings. The summed E-state index contributed by atoms with van der Waals surface area (Å²) < 4.78 is 0. The molecule has 1 heterocycles. The van der Waals surface area contributed by atoms with Crippen LogP contribution in [0.15, 0.2) is 22.1 Å². The van der Waals surface area contributed by atoms with Crippen LogP contribution in [0.25, 0.3) is 0 Å². The fourth-order valence-corrected chi connectivity index (χ4v) is 1.31. The monoisotopic (exact) mass is 253 g/mol. The zero-order valence-electron chi connectivity index (χ0n) is 10.1. The van der Waals surface area contributed by atoms with Crippen LogP contribution in [0, 0.1) is 0 Å². The van der Waals surface area contributed by atoms with Crippen molar-refractivity contribution in [3.8, 4) is 0 Å². The molecular weight excluding hydrogens is 238 g/mol. The highest BCUT2D eigenvalue weighted by Gasteiger charge is 2.21. The van der Waals surface area contributed by atoms with Crippen LogP contribution in [-0.4, -0.2) is 44.6 Å². The number of amides is 1. The SMILES string of the molecule is CC(C)N(C/C(N)=N/O)C(=O)c1ccc(=O)[nH]n1. The smallest absolute Gasteiger partial charge is 0.274 e. The van der Waals surface area contributed by atoms with E-state index in [9.17, 15) is 9.59 Å². The standard InChI is InChI=1S/C10H15N5O3/c1-6(2)15(5-8(11)14-18)10(17)7-3-4-9(16)13-12-7/h3-4,6,18H,5H2,1-2H3,(H2,11,14)(H,13,16). The number of aromatic nitrogens is 2. The summed E-state index contributed by atoms with van der Waals surface area (Å²) >= 11 is 0. The van der Waals surface area contributed by atoms with Crippen molar-refractivity contribution < 1.29 is 10.0 Å². The molecule has 1 aromatic heterocycles. The molecule has 0 radical (unpaired) electrons. The van der Waals surface area contributed by atoms with Crippen LogP contribution in [0.1, 0.15) is 24.3 Å². The Morgan fingerprint density at radius 1 is 1.61 bits per heavy atom. The van der Waals surface area contributed by atoms with Gasteiger partial charge in [0.1, 0.15) is 5.69 Å². The minimum Gasteiger partial charge on any atom is -0.409 e. The van der Waals surface area contributed by atoms with Gasteiger partial charge in [0.15, 0.2) is 5.84 Å². The van der Waals surface area contributed by atoms with E-state index < -0.39 is 5.91 Å². The van der Waals surface area contributed by atoms with Crippen LogP contribution >= 0.6 is 0 Å². The molecule has 8 heteroatoms. The molecule has 1 amide bonds. The summed E-state index contributed by atoms with van der Waals surface area (Å²) in [5.74, 6) is -0.491. The van der Waals surface area contributed by atoms with Gasteiger partial charge in [0.05, 0.1) is 6.54 Å². The second-order valence-corrected chi connectivity index (χ2v) is 3.92. The maximum Gasteiger partial charge on any atom is 0.274 e. The first-order valence-corrected chi connectivity index (χ1v) is 5.28. The molecule has 4 N–H and O–H groups in total. The number of carbonyl (C=O) groups is 1. The number of aromatic amines is 1. The van der Waals surface area contributed by atoms with Crippen LogP contribution in [-0.2, 0) is 0 Å². The van der Waals surface area contributed by atoms with E-state index >= 15 is 0 Å². The second kappa shape index (κ2) is 5.80. The number of rotatable bonds is 4. The van der Waals surface area contributed by atoms with Crippen molar-refractivity contribution >= 4 is 11.7 Å². The van der Waals surface area contributed by atoms with Gasteiger partial charge in [0.25, 0.3) is 11.5 Å². The van der Waals surface area contributed by atoms with E-state index in [1.165, 1.54) is 17.0 Å². The third kappa shape index (κ3) is 3.30. The molecule has 0 fully saturated rings. The largest absolute Gasteiger partial charge is 0.409 e. The Morgan fingerprint density at radius 2 is 2.28 bits per heavy atom. The van der Waals surface area contributed by atoms with Gasteiger partial charge in [-0.25, -0.2) is 5.10 Å². The van der Waals surface area contributed by atoms with Crippen LogP contribution < -0.4 is 11.3 Å². The van der Waals surface area contributed by atoms with Gasteiger partial charge in [-0.1, -0.05) is 5.16 Å². The molecule has 98 valence electrons. The molecule has 8 nitrogen and oxygen atoms in total. The highest BCUT2D eigenvalue weighted by Crippen LogP contribution is 2.04. The maximum absolute atomic E-state index is 12.1. The lowest BCUT2D eigenvalue weighted by Crippen LogP contribution is -2.43. The fourth-order valence-electron chi connectivity index (χ4n) is 1.31. The Morgan fingerprint density at radius 3 is 2.72 bits per heavy atom. The number of oxime groups is 1. The maximum atomic E-state index is 12.1. The second-order valence-electron chi connectivity index (χ2n) is 3.92. The van der Waals surface area contributed by atoms with Crippen molar-refractivity contribution in [1.82, 2.24) is 15.1 Å². The summed E-state index contributed by atoms with van der Waals surface area (Å²) in [6.07, 6.45) is 0. The molecule has 0 saturated heterocycles. The number of H-pyrrole nitrogens is 1. The lowest BCUT2D eigenvalue weighted by Gasteiger charge is -2.25. The minimum absolute atomic E-state index is 0.0200. The minimum atomic E-state index is -0.409. The topological polar surface area (TPSA) is 125 Å². The Balaban J connectivity index is 2.96. The number of carbonyl (C=O) groups excluding carboxylic acids is 1. The van der Waals surface area contributed by atoms with E-state index in [-0.39, 0.29) is 29.7 Å². The third-order valence-electron chi connectivity index (χ3n) is 2.24. The van der Waals surface area contributed by atoms with E-state index in [0.29, 0.717) is 0 Å².